The van der Waals surface area contributed by atoms with Gasteiger partial charge in [0.2, 0.25) is 0 Å². The molecule has 2 rings (SSSR count). The molecule has 0 saturated carbocycles. The average molecular weight is 601 g/mol. The van der Waals surface area contributed by atoms with Gasteiger partial charge in [-0.25, -0.2) is 9.59 Å². The number of benzene rings is 1. The lowest BCUT2D eigenvalue weighted by Gasteiger charge is -2.14. The van der Waals surface area contributed by atoms with Crippen molar-refractivity contribution < 1.29 is 23.8 Å². The summed E-state index contributed by atoms with van der Waals surface area (Å²) in [7, 11) is 0. The van der Waals surface area contributed by atoms with Crippen molar-refractivity contribution in [3.63, 3.8) is 0 Å². The van der Waals surface area contributed by atoms with Gasteiger partial charge in [-0.1, -0.05) is 168 Å². The van der Waals surface area contributed by atoms with Crippen LogP contribution in [0.15, 0.2) is 12.1 Å². The van der Waals surface area contributed by atoms with E-state index in [-0.39, 0.29) is 11.1 Å². The van der Waals surface area contributed by atoms with Crippen molar-refractivity contribution in [2.75, 3.05) is 13.2 Å². The minimum atomic E-state index is -0.603. The van der Waals surface area contributed by atoms with Crippen molar-refractivity contribution in [2.45, 2.75) is 181 Å². The molecular formula is C38H64O5. The Morgan fingerprint density at radius 1 is 0.419 bits per heavy atom. The molecule has 0 amide bonds. The Hall–Kier alpha value is -2.04. The number of unbranched alkanes of at least 4 members (excludes halogenated alkanes) is 24. The summed E-state index contributed by atoms with van der Waals surface area (Å²) in [4.78, 5) is 24.2. The second-order valence-corrected chi connectivity index (χ2v) is 12.7. The summed E-state index contributed by atoms with van der Waals surface area (Å²) in [5, 5.41) is 0. The Labute approximate surface area is 264 Å². The van der Waals surface area contributed by atoms with Gasteiger partial charge in [0.1, 0.15) is 0 Å². The van der Waals surface area contributed by atoms with E-state index < -0.39 is 11.9 Å². The molecule has 0 bridgehead atoms. The fourth-order valence-electron chi connectivity index (χ4n) is 5.92. The molecule has 0 atom stereocenters. The van der Waals surface area contributed by atoms with Crippen LogP contribution in [0, 0.1) is 0 Å². The van der Waals surface area contributed by atoms with Gasteiger partial charge in [-0.15, -0.1) is 0 Å². The normalized spacial score (nSPS) is 12.5. The molecule has 1 heterocycles. The summed E-state index contributed by atoms with van der Waals surface area (Å²) in [6.07, 6.45) is 34.0. The van der Waals surface area contributed by atoms with Gasteiger partial charge >= 0.3 is 11.9 Å². The van der Waals surface area contributed by atoms with Gasteiger partial charge in [0.25, 0.3) is 0 Å². The molecule has 0 radical (unpaired) electrons. The second-order valence-electron chi connectivity index (χ2n) is 12.7. The first-order valence-electron chi connectivity index (χ1n) is 18.4. The van der Waals surface area contributed by atoms with E-state index >= 15 is 0 Å². The zero-order valence-corrected chi connectivity index (χ0v) is 28.0. The lowest BCUT2D eigenvalue weighted by Crippen LogP contribution is -2.05. The third-order valence-electron chi connectivity index (χ3n) is 8.72. The van der Waals surface area contributed by atoms with Crippen LogP contribution >= 0.6 is 0 Å². The van der Waals surface area contributed by atoms with Gasteiger partial charge in [-0.05, 0) is 25.0 Å². The number of cyclic esters (lactones) is 2. The maximum Gasteiger partial charge on any atom is 0.347 e. The highest BCUT2D eigenvalue weighted by atomic mass is 16.6. The fourth-order valence-corrected chi connectivity index (χ4v) is 5.92. The second kappa shape index (κ2) is 25.3. The molecule has 0 saturated heterocycles. The fraction of sp³-hybridized carbons (Fsp3) is 0.789. The summed E-state index contributed by atoms with van der Waals surface area (Å²) in [6, 6.07) is 3.26. The van der Waals surface area contributed by atoms with E-state index in [1.165, 1.54) is 141 Å². The van der Waals surface area contributed by atoms with Crippen LogP contribution in [0.5, 0.6) is 11.5 Å². The highest BCUT2D eigenvalue weighted by Gasteiger charge is 2.32. The minimum absolute atomic E-state index is 0.277. The Bertz CT molecular complexity index is 795. The maximum atomic E-state index is 12.1. The molecule has 0 spiro atoms. The Balaban J connectivity index is 1.58. The molecule has 246 valence electrons. The van der Waals surface area contributed by atoms with Crippen LogP contribution in [0.2, 0.25) is 0 Å². The van der Waals surface area contributed by atoms with Crippen LogP contribution in [0.3, 0.4) is 0 Å². The van der Waals surface area contributed by atoms with Gasteiger partial charge in [0.15, 0.2) is 11.5 Å². The van der Waals surface area contributed by atoms with E-state index in [1.54, 1.807) is 12.1 Å². The Morgan fingerprint density at radius 3 is 0.953 bits per heavy atom. The van der Waals surface area contributed by atoms with Crippen molar-refractivity contribution in [3.05, 3.63) is 23.3 Å². The quantitative estimate of drug-likeness (QED) is 0.0499. The number of fused-ring (bicyclic) bond motifs is 1. The maximum absolute atomic E-state index is 12.1. The number of hydrogen-bond donors (Lipinski definition) is 0. The largest absolute Gasteiger partial charge is 0.490 e. The van der Waals surface area contributed by atoms with E-state index in [2.05, 4.69) is 13.8 Å². The van der Waals surface area contributed by atoms with E-state index in [0.29, 0.717) is 24.7 Å². The molecule has 0 unspecified atom stereocenters. The van der Waals surface area contributed by atoms with Crippen LogP contribution in [0.4, 0.5) is 0 Å². The van der Waals surface area contributed by atoms with E-state index in [1.807, 2.05) is 0 Å². The molecule has 43 heavy (non-hydrogen) atoms. The first-order valence-corrected chi connectivity index (χ1v) is 18.4. The van der Waals surface area contributed by atoms with Crippen LogP contribution in [0.25, 0.3) is 0 Å². The molecule has 1 aromatic rings. The zero-order chi connectivity index (χ0) is 30.8. The predicted molar refractivity (Wildman–Crippen MR) is 179 cm³/mol. The third kappa shape index (κ3) is 17.1. The lowest BCUT2D eigenvalue weighted by molar-refractivity contribution is 0.0443. The van der Waals surface area contributed by atoms with E-state index in [9.17, 15) is 9.59 Å². The predicted octanol–water partition coefficient (Wildman–Crippen LogP) is 11.9. The number of rotatable bonds is 30. The zero-order valence-electron chi connectivity index (χ0n) is 28.0. The number of esters is 2. The molecule has 1 aromatic carbocycles. The van der Waals surface area contributed by atoms with Crippen LogP contribution < -0.4 is 9.47 Å². The molecule has 5 nitrogen and oxygen atoms in total. The lowest BCUT2D eigenvalue weighted by atomic mass is 10.0. The smallest absolute Gasteiger partial charge is 0.347 e. The SMILES string of the molecule is CCCCCCCCCCCCCCCOc1cc2c(cc1OCCCCCCCCCCCCCCC)C(=O)OC2=O. The van der Waals surface area contributed by atoms with Crippen molar-refractivity contribution in [3.8, 4) is 11.5 Å². The van der Waals surface area contributed by atoms with Crippen LogP contribution in [-0.2, 0) is 4.74 Å². The molecule has 0 fully saturated rings. The van der Waals surface area contributed by atoms with Crippen molar-refractivity contribution in [1.29, 1.82) is 0 Å². The molecule has 0 N–H and O–H groups in total. The number of carbonyl (C=O) groups is 2. The third-order valence-corrected chi connectivity index (χ3v) is 8.72. The summed E-state index contributed by atoms with van der Waals surface area (Å²) < 4.78 is 16.9. The van der Waals surface area contributed by atoms with Crippen molar-refractivity contribution >= 4 is 11.9 Å². The standard InChI is InChI=1S/C38H64O5/c1-3-5-7-9-11-13-15-17-19-21-23-25-27-29-41-35-31-33-34(38(40)43-37(33)39)32-36(35)42-30-28-26-24-22-20-18-16-14-12-10-8-6-4-2/h31-32H,3-30H2,1-2H3. The molecular weight excluding hydrogens is 536 g/mol. The number of ether oxygens (including phenoxy) is 3. The van der Waals surface area contributed by atoms with Crippen molar-refractivity contribution in [1.82, 2.24) is 0 Å². The van der Waals surface area contributed by atoms with Gasteiger partial charge in [-0.3, -0.25) is 0 Å². The number of hydrogen-bond acceptors (Lipinski definition) is 5. The average Bonchev–Trinajstić information content (AvgIpc) is 3.28. The van der Waals surface area contributed by atoms with Gasteiger partial charge in [0, 0.05) is 0 Å². The summed E-state index contributed by atoms with van der Waals surface area (Å²) in [5.74, 6) is -0.124. The molecule has 1 aliphatic rings. The van der Waals surface area contributed by atoms with E-state index in [0.717, 1.165) is 25.7 Å². The number of carbonyl (C=O) groups excluding carboxylic acids is 2. The van der Waals surface area contributed by atoms with Crippen LogP contribution in [0.1, 0.15) is 202 Å². The summed E-state index contributed by atoms with van der Waals surface area (Å²) >= 11 is 0. The highest BCUT2D eigenvalue weighted by Crippen LogP contribution is 2.35. The summed E-state index contributed by atoms with van der Waals surface area (Å²) in [5.41, 5.74) is 0.553. The topological polar surface area (TPSA) is 61.8 Å². The molecule has 5 heteroatoms. The van der Waals surface area contributed by atoms with Crippen LogP contribution in [-0.4, -0.2) is 25.2 Å². The monoisotopic (exact) mass is 600 g/mol. The van der Waals surface area contributed by atoms with Crippen molar-refractivity contribution in [2.24, 2.45) is 0 Å². The highest BCUT2D eigenvalue weighted by molar-refractivity contribution is 6.15. The first kappa shape index (κ1) is 37.1. The minimum Gasteiger partial charge on any atom is -0.490 e. The first-order chi connectivity index (χ1) is 21.2. The Morgan fingerprint density at radius 2 is 0.674 bits per heavy atom. The summed E-state index contributed by atoms with van der Waals surface area (Å²) in [6.45, 7) is 5.70. The van der Waals surface area contributed by atoms with Gasteiger partial charge in [0.05, 0.1) is 24.3 Å². The Kier molecular flexibility index (Phi) is 21.9. The van der Waals surface area contributed by atoms with Gasteiger partial charge in [-0.2, -0.15) is 0 Å². The van der Waals surface area contributed by atoms with Gasteiger partial charge < -0.3 is 14.2 Å². The molecule has 1 aliphatic heterocycles. The molecule has 0 aliphatic carbocycles. The van der Waals surface area contributed by atoms with E-state index in [4.69, 9.17) is 14.2 Å². The molecule has 0 aromatic heterocycles.